The Balaban J connectivity index is 1.70. The van der Waals surface area contributed by atoms with E-state index in [9.17, 15) is 0 Å². The third kappa shape index (κ3) is 3.55. The fourth-order valence-corrected chi connectivity index (χ4v) is 3.39. The number of fused-ring (bicyclic) bond motifs is 1. The topological polar surface area (TPSA) is 119 Å². The van der Waals surface area contributed by atoms with Gasteiger partial charge in [0.15, 0.2) is 0 Å². The van der Waals surface area contributed by atoms with E-state index in [2.05, 4.69) is 49.7 Å². The molecule has 0 saturated carbocycles. The Kier molecular flexibility index (Phi) is 5.04. The van der Waals surface area contributed by atoms with Crippen LogP contribution >= 0.6 is 0 Å². The SMILES string of the molecule is CC[C@](C)(NC)c1ccnc(Nc2cc3cc(-c4cnnn4C)nc(N)c3cn2)c1. The highest BCUT2D eigenvalue weighted by Gasteiger charge is 2.22. The lowest BCUT2D eigenvalue weighted by Crippen LogP contribution is -2.36. The third-order valence-electron chi connectivity index (χ3n) is 5.63. The van der Waals surface area contributed by atoms with Gasteiger partial charge in [-0.05, 0) is 55.6 Å². The van der Waals surface area contributed by atoms with Gasteiger partial charge in [-0.1, -0.05) is 12.1 Å². The van der Waals surface area contributed by atoms with Crippen molar-refractivity contribution in [1.82, 2.24) is 35.3 Å². The van der Waals surface area contributed by atoms with Gasteiger partial charge < -0.3 is 16.4 Å². The molecule has 0 radical (unpaired) electrons. The van der Waals surface area contributed by atoms with Crippen LogP contribution in [-0.2, 0) is 12.6 Å². The van der Waals surface area contributed by atoms with E-state index in [1.54, 1.807) is 23.3 Å². The van der Waals surface area contributed by atoms with Crippen LogP contribution in [0.3, 0.4) is 0 Å². The van der Waals surface area contributed by atoms with Crippen LogP contribution in [-0.4, -0.2) is 37.0 Å². The number of nitrogens with one attached hydrogen (secondary N) is 2. The van der Waals surface area contributed by atoms with Gasteiger partial charge in [-0.2, -0.15) is 0 Å². The van der Waals surface area contributed by atoms with Crippen LogP contribution in [0.25, 0.3) is 22.2 Å². The van der Waals surface area contributed by atoms with Crippen molar-refractivity contribution < 1.29 is 0 Å². The maximum atomic E-state index is 6.17. The predicted octanol–water partition coefficient (Wildman–Crippen LogP) is 2.99. The molecule has 4 aromatic rings. The maximum absolute atomic E-state index is 6.17. The molecular formula is C21H25N9. The predicted molar refractivity (Wildman–Crippen MR) is 118 cm³/mol. The van der Waals surface area contributed by atoms with Crippen molar-refractivity contribution in [3.63, 3.8) is 0 Å². The van der Waals surface area contributed by atoms with Crippen LogP contribution in [0, 0.1) is 0 Å². The molecule has 9 heteroatoms. The molecule has 0 spiro atoms. The molecule has 154 valence electrons. The van der Waals surface area contributed by atoms with Gasteiger partial charge in [-0.3, -0.25) is 0 Å². The Morgan fingerprint density at radius 3 is 2.63 bits per heavy atom. The average molecular weight is 403 g/mol. The van der Waals surface area contributed by atoms with E-state index in [1.807, 2.05) is 38.4 Å². The van der Waals surface area contributed by atoms with E-state index in [0.29, 0.717) is 17.3 Å². The fourth-order valence-electron chi connectivity index (χ4n) is 3.39. The lowest BCUT2D eigenvalue weighted by molar-refractivity contribution is 0.386. The van der Waals surface area contributed by atoms with Crippen molar-refractivity contribution in [2.24, 2.45) is 7.05 Å². The van der Waals surface area contributed by atoms with Crippen molar-refractivity contribution in [2.45, 2.75) is 25.8 Å². The smallest absolute Gasteiger partial charge is 0.133 e. The molecule has 9 nitrogen and oxygen atoms in total. The van der Waals surface area contributed by atoms with Crippen LogP contribution in [0.4, 0.5) is 17.5 Å². The molecule has 0 aliphatic rings. The zero-order chi connectivity index (χ0) is 21.3. The second-order valence-corrected chi connectivity index (χ2v) is 7.42. The average Bonchev–Trinajstić information content (AvgIpc) is 3.19. The number of anilines is 3. The van der Waals surface area contributed by atoms with Gasteiger partial charge in [0.2, 0.25) is 0 Å². The lowest BCUT2D eigenvalue weighted by Gasteiger charge is -2.28. The second-order valence-electron chi connectivity index (χ2n) is 7.42. The molecule has 0 bridgehead atoms. The number of nitrogens with two attached hydrogens (primary N) is 1. The molecule has 1 atom stereocenters. The molecule has 4 heterocycles. The number of nitrogen functional groups attached to an aromatic ring is 1. The summed E-state index contributed by atoms with van der Waals surface area (Å²) in [6, 6.07) is 7.96. The number of nitrogens with zero attached hydrogens (tertiary/aromatic N) is 6. The monoisotopic (exact) mass is 403 g/mol. The van der Waals surface area contributed by atoms with Crippen molar-refractivity contribution in [2.75, 3.05) is 18.1 Å². The standard InChI is InChI=1S/C21H25N9/c1-5-21(2,23-3)14-6-7-24-19(10-14)28-18-9-13-8-16(17-12-26-29-30(17)4)27-20(22)15(13)11-25-18/h6-12,23H,5H2,1-4H3,(H2,22,27)(H,24,25,28)/t21-/m0/s1. The highest BCUT2D eigenvalue weighted by Crippen LogP contribution is 2.29. The number of aromatic nitrogens is 6. The number of pyridine rings is 3. The minimum Gasteiger partial charge on any atom is -0.383 e. The third-order valence-corrected chi connectivity index (χ3v) is 5.63. The van der Waals surface area contributed by atoms with Crippen LogP contribution in [0.5, 0.6) is 0 Å². The Morgan fingerprint density at radius 2 is 1.93 bits per heavy atom. The molecule has 4 rings (SSSR count). The summed E-state index contributed by atoms with van der Waals surface area (Å²) < 4.78 is 1.66. The second kappa shape index (κ2) is 7.68. The van der Waals surface area contributed by atoms with Crippen molar-refractivity contribution >= 4 is 28.2 Å². The summed E-state index contributed by atoms with van der Waals surface area (Å²) in [6.07, 6.45) is 6.15. The van der Waals surface area contributed by atoms with E-state index in [0.717, 1.165) is 34.3 Å². The minimum absolute atomic E-state index is 0.123. The van der Waals surface area contributed by atoms with Crippen molar-refractivity contribution in [3.8, 4) is 11.4 Å². The first-order chi connectivity index (χ1) is 14.4. The molecule has 0 saturated heterocycles. The highest BCUT2D eigenvalue weighted by molar-refractivity contribution is 5.94. The number of aryl methyl sites for hydroxylation is 1. The summed E-state index contributed by atoms with van der Waals surface area (Å²) in [5, 5.41) is 16.3. The number of rotatable bonds is 6. The van der Waals surface area contributed by atoms with Crippen molar-refractivity contribution in [3.05, 3.63) is 48.4 Å². The maximum Gasteiger partial charge on any atom is 0.133 e. The summed E-state index contributed by atoms with van der Waals surface area (Å²) in [4.78, 5) is 13.4. The van der Waals surface area contributed by atoms with Crippen LogP contribution in [0.2, 0.25) is 0 Å². The van der Waals surface area contributed by atoms with Gasteiger partial charge in [0, 0.05) is 30.4 Å². The van der Waals surface area contributed by atoms with Gasteiger partial charge in [0.05, 0.1) is 11.9 Å². The number of hydrogen-bond acceptors (Lipinski definition) is 8. The zero-order valence-corrected chi connectivity index (χ0v) is 17.5. The largest absolute Gasteiger partial charge is 0.383 e. The fraction of sp³-hybridized carbons (Fsp3) is 0.286. The molecule has 0 fully saturated rings. The molecule has 0 aliphatic carbocycles. The van der Waals surface area contributed by atoms with E-state index >= 15 is 0 Å². The molecule has 30 heavy (non-hydrogen) atoms. The summed E-state index contributed by atoms with van der Waals surface area (Å²) in [5.74, 6) is 1.82. The van der Waals surface area contributed by atoms with E-state index < -0.39 is 0 Å². The quantitative estimate of drug-likeness (QED) is 0.449. The first-order valence-corrected chi connectivity index (χ1v) is 9.77. The molecule has 0 aromatic carbocycles. The first-order valence-electron chi connectivity index (χ1n) is 9.77. The normalized spacial score (nSPS) is 13.3. The molecule has 0 unspecified atom stereocenters. The summed E-state index contributed by atoms with van der Waals surface area (Å²) in [6.45, 7) is 4.33. The highest BCUT2D eigenvalue weighted by atomic mass is 15.4. The minimum atomic E-state index is -0.123. The Labute approximate surface area is 174 Å². The van der Waals surface area contributed by atoms with Crippen LogP contribution in [0.1, 0.15) is 25.8 Å². The van der Waals surface area contributed by atoms with Crippen LogP contribution < -0.4 is 16.4 Å². The molecular weight excluding hydrogens is 378 g/mol. The first kappa shape index (κ1) is 19.7. The Hall–Kier alpha value is -3.59. The number of hydrogen-bond donors (Lipinski definition) is 3. The van der Waals surface area contributed by atoms with E-state index in [-0.39, 0.29) is 5.54 Å². The van der Waals surface area contributed by atoms with E-state index in [4.69, 9.17) is 5.73 Å². The van der Waals surface area contributed by atoms with E-state index in [1.165, 1.54) is 0 Å². The summed E-state index contributed by atoms with van der Waals surface area (Å²) in [7, 11) is 3.79. The lowest BCUT2D eigenvalue weighted by atomic mass is 9.90. The van der Waals surface area contributed by atoms with Gasteiger partial charge in [-0.25, -0.2) is 19.6 Å². The molecule has 4 aromatic heterocycles. The Morgan fingerprint density at radius 1 is 1.13 bits per heavy atom. The Bertz CT molecular complexity index is 1190. The summed E-state index contributed by atoms with van der Waals surface area (Å²) in [5.41, 5.74) is 8.70. The van der Waals surface area contributed by atoms with Gasteiger partial charge in [0.25, 0.3) is 0 Å². The van der Waals surface area contributed by atoms with Gasteiger partial charge in [-0.15, -0.1) is 5.10 Å². The zero-order valence-electron chi connectivity index (χ0n) is 17.5. The molecule has 4 N–H and O–H groups in total. The van der Waals surface area contributed by atoms with Gasteiger partial charge >= 0.3 is 0 Å². The molecule has 0 amide bonds. The van der Waals surface area contributed by atoms with Gasteiger partial charge in [0.1, 0.15) is 23.1 Å². The summed E-state index contributed by atoms with van der Waals surface area (Å²) >= 11 is 0. The van der Waals surface area contributed by atoms with Crippen molar-refractivity contribution in [1.29, 1.82) is 0 Å². The van der Waals surface area contributed by atoms with Crippen LogP contribution in [0.15, 0.2) is 42.9 Å². The molecule has 0 aliphatic heterocycles.